The molecule has 1 aromatic carbocycles. The summed E-state index contributed by atoms with van der Waals surface area (Å²) >= 11 is 0. The summed E-state index contributed by atoms with van der Waals surface area (Å²) < 4.78 is 27.0. The number of fused-ring (bicyclic) bond motifs is 1. The van der Waals surface area contributed by atoms with Crippen molar-refractivity contribution >= 4 is 22.8 Å². The molecule has 1 aliphatic rings. The number of carbonyl (C=O) groups is 1. The fraction of sp³-hybridized carbons (Fsp3) is 0.556. The number of amides is 1. The van der Waals surface area contributed by atoms with Crippen molar-refractivity contribution in [3.05, 3.63) is 29.3 Å². The minimum Gasteiger partial charge on any atom is -0.497 e. The molecule has 0 spiro atoms. The molecule has 0 radical (unpaired) electrons. The monoisotopic (exact) mass is 366 g/mol. The molecule has 2 rings (SSSR count). The SMILES string of the molecule is COc1ccc2c(c1)C(C)(C)S(=O)N=C2[C@H](C)NC(=O)OC(C)(C)C. The van der Waals surface area contributed by atoms with Crippen molar-refractivity contribution in [3.8, 4) is 5.75 Å². The molecule has 2 atom stereocenters. The summed E-state index contributed by atoms with van der Waals surface area (Å²) in [5.74, 6) is 0.692. The number of nitrogens with zero attached hydrogens (tertiary/aromatic N) is 1. The molecule has 0 bridgehead atoms. The van der Waals surface area contributed by atoms with Gasteiger partial charge in [-0.3, -0.25) is 0 Å². The minimum atomic E-state index is -1.47. The van der Waals surface area contributed by atoms with Gasteiger partial charge in [-0.05, 0) is 65.3 Å². The van der Waals surface area contributed by atoms with Crippen molar-refractivity contribution < 1.29 is 18.5 Å². The lowest BCUT2D eigenvalue weighted by Crippen LogP contribution is -2.44. The Morgan fingerprint density at radius 2 is 1.96 bits per heavy atom. The zero-order valence-corrected chi connectivity index (χ0v) is 16.6. The molecule has 138 valence electrons. The lowest BCUT2D eigenvalue weighted by atomic mass is 9.91. The zero-order chi connectivity index (χ0) is 19.0. The highest BCUT2D eigenvalue weighted by molar-refractivity contribution is 7.85. The molecule has 0 fully saturated rings. The molecule has 6 nitrogen and oxygen atoms in total. The number of hydrogen-bond acceptors (Lipinski definition) is 4. The van der Waals surface area contributed by atoms with E-state index in [-0.39, 0.29) is 0 Å². The van der Waals surface area contributed by atoms with E-state index in [4.69, 9.17) is 9.47 Å². The molecular formula is C18H26N2O4S. The molecule has 0 aliphatic carbocycles. The lowest BCUT2D eigenvalue weighted by molar-refractivity contribution is 0.0521. The van der Waals surface area contributed by atoms with Crippen LogP contribution < -0.4 is 10.1 Å². The third kappa shape index (κ3) is 4.21. The molecule has 1 amide bonds. The number of benzene rings is 1. The Balaban J connectivity index is 2.36. The van der Waals surface area contributed by atoms with E-state index in [0.717, 1.165) is 11.1 Å². The van der Waals surface area contributed by atoms with Crippen LogP contribution in [-0.2, 0) is 20.5 Å². The van der Waals surface area contributed by atoms with Crippen LogP contribution in [0.3, 0.4) is 0 Å². The predicted octanol–water partition coefficient (Wildman–Crippen LogP) is 3.31. The van der Waals surface area contributed by atoms with Gasteiger partial charge in [-0.15, -0.1) is 0 Å². The zero-order valence-electron chi connectivity index (χ0n) is 15.8. The molecule has 1 aliphatic heterocycles. The van der Waals surface area contributed by atoms with Gasteiger partial charge in [-0.1, -0.05) is 0 Å². The Hall–Kier alpha value is -1.89. The quantitative estimate of drug-likeness (QED) is 0.890. The Bertz CT molecular complexity index is 735. The second kappa shape index (κ2) is 6.78. The van der Waals surface area contributed by atoms with Crippen LogP contribution in [0.25, 0.3) is 0 Å². The second-order valence-corrected chi connectivity index (χ2v) is 9.22. The first-order valence-electron chi connectivity index (χ1n) is 8.14. The highest BCUT2D eigenvalue weighted by Gasteiger charge is 2.38. The number of hydrogen-bond donors (Lipinski definition) is 1. The van der Waals surface area contributed by atoms with E-state index in [2.05, 4.69) is 9.71 Å². The first-order valence-corrected chi connectivity index (χ1v) is 9.25. The van der Waals surface area contributed by atoms with Gasteiger partial charge in [0.1, 0.15) is 22.3 Å². The van der Waals surface area contributed by atoms with Gasteiger partial charge in [-0.25, -0.2) is 9.00 Å². The standard InChI is InChI=1S/C18H26N2O4S/c1-11(19-16(21)24-17(2,3)4)15-13-9-8-12(23-7)10-14(13)18(5,6)25(22)20-15/h8-11H,1-7H3,(H,19,21)/t11-,25?/m0/s1. The Labute approximate surface area is 151 Å². The molecule has 0 saturated heterocycles. The minimum absolute atomic E-state index is 0.443. The molecule has 1 aromatic rings. The summed E-state index contributed by atoms with van der Waals surface area (Å²) in [6.07, 6.45) is -0.534. The molecule has 1 heterocycles. The maximum absolute atomic E-state index is 12.6. The number of methoxy groups -OCH3 is 1. The summed E-state index contributed by atoms with van der Waals surface area (Å²) in [6, 6.07) is 5.15. The van der Waals surface area contributed by atoms with E-state index in [0.29, 0.717) is 11.5 Å². The predicted molar refractivity (Wildman–Crippen MR) is 99.5 cm³/mol. The normalized spacial score (nSPS) is 20.1. The maximum Gasteiger partial charge on any atom is 0.408 e. The molecule has 1 unspecified atom stereocenters. The summed E-state index contributed by atoms with van der Waals surface area (Å²) in [7, 11) is 0.127. The Morgan fingerprint density at radius 1 is 1.32 bits per heavy atom. The van der Waals surface area contributed by atoms with Gasteiger partial charge in [-0.2, -0.15) is 4.40 Å². The molecular weight excluding hydrogens is 340 g/mol. The number of nitrogens with one attached hydrogen (secondary N) is 1. The average molecular weight is 366 g/mol. The van der Waals surface area contributed by atoms with Crippen molar-refractivity contribution in [1.82, 2.24) is 5.32 Å². The first kappa shape index (κ1) is 19.4. The van der Waals surface area contributed by atoms with Crippen LogP contribution in [0.2, 0.25) is 0 Å². The van der Waals surface area contributed by atoms with Gasteiger partial charge in [0.25, 0.3) is 0 Å². The van der Waals surface area contributed by atoms with Crippen molar-refractivity contribution in [1.29, 1.82) is 0 Å². The number of ether oxygens (including phenoxy) is 2. The van der Waals surface area contributed by atoms with Gasteiger partial charge in [0.2, 0.25) is 0 Å². The van der Waals surface area contributed by atoms with E-state index in [1.54, 1.807) is 34.8 Å². The second-order valence-electron chi connectivity index (χ2n) is 7.52. The smallest absolute Gasteiger partial charge is 0.408 e. The van der Waals surface area contributed by atoms with Crippen molar-refractivity contribution in [2.75, 3.05) is 7.11 Å². The van der Waals surface area contributed by atoms with Crippen LogP contribution in [0.4, 0.5) is 4.79 Å². The van der Waals surface area contributed by atoms with E-state index in [9.17, 15) is 9.00 Å². The third-order valence-electron chi connectivity index (χ3n) is 3.91. The maximum atomic E-state index is 12.6. The van der Waals surface area contributed by atoms with Crippen molar-refractivity contribution in [2.45, 2.75) is 57.9 Å². The summed E-state index contributed by atoms with van der Waals surface area (Å²) in [4.78, 5) is 12.0. The third-order valence-corrected chi connectivity index (χ3v) is 5.37. The highest BCUT2D eigenvalue weighted by atomic mass is 32.2. The first-order chi connectivity index (χ1) is 11.5. The number of alkyl carbamates (subject to hydrolysis) is 1. The van der Waals surface area contributed by atoms with Gasteiger partial charge in [0.05, 0.1) is 23.6 Å². The topological polar surface area (TPSA) is 77.0 Å². The summed E-state index contributed by atoms with van der Waals surface area (Å²) in [5, 5.41) is 2.77. The van der Waals surface area contributed by atoms with Crippen LogP contribution in [0.15, 0.2) is 22.6 Å². The van der Waals surface area contributed by atoms with Crippen LogP contribution in [-0.4, -0.2) is 34.8 Å². The van der Waals surface area contributed by atoms with Crippen molar-refractivity contribution in [3.63, 3.8) is 0 Å². The van der Waals surface area contributed by atoms with E-state index >= 15 is 0 Å². The molecule has 25 heavy (non-hydrogen) atoms. The van der Waals surface area contributed by atoms with Gasteiger partial charge in [0.15, 0.2) is 0 Å². The number of carbonyl (C=O) groups excluding carboxylic acids is 1. The van der Waals surface area contributed by atoms with Gasteiger partial charge >= 0.3 is 6.09 Å². The van der Waals surface area contributed by atoms with E-state index in [1.165, 1.54) is 0 Å². The van der Waals surface area contributed by atoms with Gasteiger partial charge < -0.3 is 14.8 Å². The van der Waals surface area contributed by atoms with Crippen LogP contribution in [0, 0.1) is 0 Å². The molecule has 7 heteroatoms. The lowest BCUT2D eigenvalue weighted by Gasteiger charge is -2.32. The van der Waals surface area contributed by atoms with Crippen molar-refractivity contribution in [2.24, 2.45) is 4.40 Å². The highest BCUT2D eigenvalue weighted by Crippen LogP contribution is 2.37. The van der Waals surface area contributed by atoms with Crippen LogP contribution in [0.5, 0.6) is 5.75 Å². The van der Waals surface area contributed by atoms with Gasteiger partial charge in [0, 0.05) is 5.56 Å². The Kier molecular flexibility index (Phi) is 5.27. The average Bonchev–Trinajstić information content (AvgIpc) is 2.48. The fourth-order valence-corrected chi connectivity index (χ4v) is 3.60. The fourth-order valence-electron chi connectivity index (χ4n) is 2.58. The number of rotatable bonds is 3. The molecule has 0 saturated carbocycles. The Morgan fingerprint density at radius 3 is 2.52 bits per heavy atom. The van der Waals surface area contributed by atoms with E-state index in [1.807, 2.05) is 32.0 Å². The van der Waals surface area contributed by atoms with Crippen LogP contribution >= 0.6 is 0 Å². The summed E-state index contributed by atoms with van der Waals surface area (Å²) in [5.41, 5.74) is 1.72. The molecule has 0 aromatic heterocycles. The van der Waals surface area contributed by atoms with Crippen LogP contribution in [0.1, 0.15) is 52.7 Å². The van der Waals surface area contributed by atoms with E-state index < -0.39 is 33.5 Å². The summed E-state index contributed by atoms with van der Waals surface area (Å²) in [6.45, 7) is 11.0. The molecule has 1 N–H and O–H groups in total. The largest absolute Gasteiger partial charge is 0.497 e.